The van der Waals surface area contributed by atoms with E-state index in [0.717, 1.165) is 26.1 Å². The highest BCUT2D eigenvalue weighted by atomic mass is 16.5. The van der Waals surface area contributed by atoms with E-state index in [1.54, 1.807) is 0 Å². The van der Waals surface area contributed by atoms with Gasteiger partial charge in [0.2, 0.25) is 0 Å². The predicted molar refractivity (Wildman–Crippen MR) is 88.6 cm³/mol. The Bertz CT molecular complexity index is 332. The number of ether oxygens (including phenoxy) is 1. The van der Waals surface area contributed by atoms with E-state index in [0.29, 0.717) is 37.6 Å². The first-order valence-electron chi connectivity index (χ1n) is 9.05. The maximum Gasteiger partial charge on any atom is 0.306 e. The van der Waals surface area contributed by atoms with Gasteiger partial charge in [-0.05, 0) is 32.1 Å². The zero-order valence-corrected chi connectivity index (χ0v) is 14.1. The molecule has 1 aliphatic heterocycles. The van der Waals surface area contributed by atoms with Crippen molar-refractivity contribution in [1.82, 2.24) is 10.2 Å². The van der Waals surface area contributed by atoms with Crippen LogP contribution in [0.3, 0.4) is 0 Å². The van der Waals surface area contributed by atoms with E-state index in [2.05, 4.69) is 10.2 Å². The summed E-state index contributed by atoms with van der Waals surface area (Å²) in [5.74, 6) is 0.332. The van der Waals surface area contributed by atoms with E-state index < -0.39 is 0 Å². The van der Waals surface area contributed by atoms with E-state index in [4.69, 9.17) is 10.5 Å². The third-order valence-electron chi connectivity index (χ3n) is 4.90. The van der Waals surface area contributed by atoms with Gasteiger partial charge in [-0.2, -0.15) is 0 Å². The van der Waals surface area contributed by atoms with Crippen LogP contribution in [0.5, 0.6) is 0 Å². The number of hydrogen-bond donors (Lipinski definition) is 2. The number of esters is 1. The number of carbonyl (C=O) groups excluding carboxylic acids is 1. The molecule has 1 aliphatic carbocycles. The average Bonchev–Trinajstić information content (AvgIpc) is 2.48. The van der Waals surface area contributed by atoms with Crippen molar-refractivity contribution < 1.29 is 9.53 Å². The molecule has 128 valence electrons. The number of likely N-dealkylation sites (tertiary alicyclic amines) is 1. The number of carbonyl (C=O) groups is 1. The summed E-state index contributed by atoms with van der Waals surface area (Å²) < 4.78 is 5.12. The fourth-order valence-electron chi connectivity index (χ4n) is 3.99. The summed E-state index contributed by atoms with van der Waals surface area (Å²) in [4.78, 5) is 14.2. The van der Waals surface area contributed by atoms with Crippen LogP contribution in [0.1, 0.15) is 51.9 Å². The lowest BCUT2D eigenvalue weighted by Gasteiger charge is -2.40. The molecule has 1 saturated carbocycles. The highest BCUT2D eigenvalue weighted by Gasteiger charge is 2.30. The molecule has 5 heteroatoms. The standard InChI is InChI=1S/C17H33N3O2/c1-2-22-17(21)11-14-10-16(13-20(12-14)9-8-18)19-15-6-4-3-5-7-15/h14-16,19H,2-13,18H2,1H3. The first-order valence-corrected chi connectivity index (χ1v) is 9.05. The highest BCUT2D eigenvalue weighted by molar-refractivity contribution is 5.69. The van der Waals surface area contributed by atoms with E-state index in [-0.39, 0.29) is 5.97 Å². The average molecular weight is 311 g/mol. The molecule has 0 aromatic heterocycles. The van der Waals surface area contributed by atoms with Gasteiger partial charge >= 0.3 is 5.97 Å². The van der Waals surface area contributed by atoms with Crippen LogP contribution >= 0.6 is 0 Å². The number of nitrogens with zero attached hydrogens (tertiary/aromatic N) is 1. The van der Waals surface area contributed by atoms with E-state index >= 15 is 0 Å². The van der Waals surface area contributed by atoms with Crippen LogP contribution in [0.4, 0.5) is 0 Å². The molecular weight excluding hydrogens is 278 g/mol. The quantitative estimate of drug-likeness (QED) is 0.698. The van der Waals surface area contributed by atoms with Crippen molar-refractivity contribution in [3.8, 4) is 0 Å². The lowest BCUT2D eigenvalue weighted by Crippen LogP contribution is -2.53. The van der Waals surface area contributed by atoms with Crippen molar-refractivity contribution in [3.05, 3.63) is 0 Å². The summed E-state index contributed by atoms with van der Waals surface area (Å²) in [5.41, 5.74) is 5.73. The Labute approximate surface area is 134 Å². The molecule has 1 heterocycles. The van der Waals surface area contributed by atoms with Crippen molar-refractivity contribution in [2.24, 2.45) is 11.7 Å². The van der Waals surface area contributed by atoms with Crippen molar-refractivity contribution in [3.63, 3.8) is 0 Å². The molecule has 0 radical (unpaired) electrons. The third kappa shape index (κ3) is 5.86. The molecule has 2 rings (SSSR count). The van der Waals surface area contributed by atoms with Crippen LogP contribution in [0, 0.1) is 5.92 Å². The Hall–Kier alpha value is -0.650. The molecule has 2 atom stereocenters. The molecule has 0 spiro atoms. The summed E-state index contributed by atoms with van der Waals surface area (Å²) in [6.07, 6.45) is 8.31. The molecule has 3 N–H and O–H groups in total. The number of nitrogens with two attached hydrogens (primary N) is 1. The Morgan fingerprint density at radius 1 is 1.23 bits per heavy atom. The minimum atomic E-state index is -0.0569. The molecule has 2 fully saturated rings. The largest absolute Gasteiger partial charge is 0.466 e. The fourth-order valence-corrected chi connectivity index (χ4v) is 3.99. The Morgan fingerprint density at radius 2 is 2.00 bits per heavy atom. The van der Waals surface area contributed by atoms with E-state index in [1.165, 1.54) is 32.1 Å². The predicted octanol–water partition coefficient (Wildman–Crippen LogP) is 1.51. The van der Waals surface area contributed by atoms with Gasteiger partial charge in [-0.1, -0.05) is 19.3 Å². The molecule has 0 aromatic carbocycles. The zero-order valence-electron chi connectivity index (χ0n) is 14.1. The summed E-state index contributed by atoms with van der Waals surface area (Å²) in [6, 6.07) is 1.16. The number of nitrogens with one attached hydrogen (secondary N) is 1. The summed E-state index contributed by atoms with van der Waals surface area (Å²) in [5, 5.41) is 3.85. The normalized spacial score (nSPS) is 27.7. The Balaban J connectivity index is 1.86. The highest BCUT2D eigenvalue weighted by Crippen LogP contribution is 2.23. The molecular formula is C17H33N3O2. The zero-order chi connectivity index (χ0) is 15.8. The SMILES string of the molecule is CCOC(=O)CC1CC(NC2CCCCC2)CN(CCN)C1. The minimum absolute atomic E-state index is 0.0569. The Morgan fingerprint density at radius 3 is 2.68 bits per heavy atom. The summed E-state index contributed by atoms with van der Waals surface area (Å²) in [6.45, 7) is 5.98. The molecule has 1 saturated heterocycles. The second-order valence-corrected chi connectivity index (χ2v) is 6.86. The maximum absolute atomic E-state index is 11.8. The second kappa shape index (κ2) is 9.48. The molecule has 5 nitrogen and oxygen atoms in total. The van der Waals surface area contributed by atoms with Crippen LogP contribution in [-0.2, 0) is 9.53 Å². The molecule has 0 aromatic rings. The molecule has 0 bridgehead atoms. The second-order valence-electron chi connectivity index (χ2n) is 6.86. The van der Waals surface area contributed by atoms with Crippen LogP contribution in [-0.4, -0.2) is 55.7 Å². The van der Waals surface area contributed by atoms with Gasteiger partial charge in [-0.15, -0.1) is 0 Å². The van der Waals surface area contributed by atoms with Gasteiger partial charge in [0, 0.05) is 44.7 Å². The summed E-state index contributed by atoms with van der Waals surface area (Å²) >= 11 is 0. The first-order chi connectivity index (χ1) is 10.7. The van der Waals surface area contributed by atoms with E-state index in [9.17, 15) is 4.79 Å². The monoisotopic (exact) mass is 311 g/mol. The molecule has 22 heavy (non-hydrogen) atoms. The van der Waals surface area contributed by atoms with Gasteiger partial charge in [-0.25, -0.2) is 0 Å². The topological polar surface area (TPSA) is 67.6 Å². The summed E-state index contributed by atoms with van der Waals surface area (Å²) in [7, 11) is 0. The van der Waals surface area contributed by atoms with Crippen LogP contribution < -0.4 is 11.1 Å². The Kier molecular flexibility index (Phi) is 7.63. The van der Waals surface area contributed by atoms with Crippen molar-refractivity contribution in [2.75, 3.05) is 32.8 Å². The van der Waals surface area contributed by atoms with Gasteiger partial charge in [0.25, 0.3) is 0 Å². The lowest BCUT2D eigenvalue weighted by molar-refractivity contribution is -0.144. The van der Waals surface area contributed by atoms with Crippen molar-refractivity contribution in [2.45, 2.75) is 64.0 Å². The smallest absolute Gasteiger partial charge is 0.306 e. The van der Waals surface area contributed by atoms with Crippen LogP contribution in [0.2, 0.25) is 0 Å². The van der Waals surface area contributed by atoms with E-state index in [1.807, 2.05) is 6.92 Å². The molecule has 2 unspecified atom stereocenters. The van der Waals surface area contributed by atoms with Gasteiger partial charge in [0.05, 0.1) is 6.61 Å². The van der Waals surface area contributed by atoms with Crippen LogP contribution in [0.25, 0.3) is 0 Å². The van der Waals surface area contributed by atoms with Gasteiger partial charge in [0.1, 0.15) is 0 Å². The first kappa shape index (κ1) is 17.7. The van der Waals surface area contributed by atoms with Crippen molar-refractivity contribution in [1.29, 1.82) is 0 Å². The van der Waals surface area contributed by atoms with Gasteiger partial charge < -0.3 is 20.7 Å². The van der Waals surface area contributed by atoms with Crippen molar-refractivity contribution >= 4 is 5.97 Å². The van der Waals surface area contributed by atoms with Gasteiger partial charge in [-0.3, -0.25) is 4.79 Å². The molecule has 2 aliphatic rings. The maximum atomic E-state index is 11.8. The molecule has 0 amide bonds. The number of hydrogen-bond acceptors (Lipinski definition) is 5. The minimum Gasteiger partial charge on any atom is -0.466 e. The fraction of sp³-hybridized carbons (Fsp3) is 0.941. The van der Waals surface area contributed by atoms with Gasteiger partial charge in [0.15, 0.2) is 0 Å². The number of piperidine rings is 1. The lowest BCUT2D eigenvalue weighted by atomic mass is 9.89. The van der Waals surface area contributed by atoms with Crippen LogP contribution in [0.15, 0.2) is 0 Å². The number of rotatable bonds is 7. The third-order valence-corrected chi connectivity index (χ3v) is 4.90.